The summed E-state index contributed by atoms with van der Waals surface area (Å²) in [6.07, 6.45) is 1.82. The van der Waals surface area contributed by atoms with Crippen molar-refractivity contribution in [2.24, 2.45) is 0 Å². The van der Waals surface area contributed by atoms with Crippen LogP contribution in [0.15, 0.2) is 40.7 Å². The maximum Gasteiger partial charge on any atom is 0.123 e. The summed E-state index contributed by atoms with van der Waals surface area (Å²) >= 11 is 5.78. The highest BCUT2D eigenvalue weighted by Crippen LogP contribution is 2.26. The van der Waals surface area contributed by atoms with Crippen LogP contribution in [0.5, 0.6) is 0 Å². The van der Waals surface area contributed by atoms with Crippen LogP contribution in [0.2, 0.25) is 0 Å². The molecule has 1 aromatic heterocycles. The van der Waals surface area contributed by atoms with Gasteiger partial charge in [0.1, 0.15) is 5.01 Å². The Morgan fingerprint density at radius 3 is 2.54 bits per heavy atom. The van der Waals surface area contributed by atoms with E-state index in [2.05, 4.69) is 40.9 Å². The molecule has 0 spiro atoms. The van der Waals surface area contributed by atoms with Gasteiger partial charge >= 0.3 is 0 Å². The number of aromatic nitrogens is 1. The van der Waals surface area contributed by atoms with E-state index in [0.29, 0.717) is 0 Å². The Bertz CT molecular complexity index is 366. The van der Waals surface area contributed by atoms with Crippen molar-refractivity contribution in [3.8, 4) is 10.6 Å². The smallest absolute Gasteiger partial charge is 0.123 e. The Labute approximate surface area is 90.0 Å². The summed E-state index contributed by atoms with van der Waals surface area (Å²) in [7, 11) is 1.45. The Hall–Kier alpha value is -0.450. The first-order chi connectivity index (χ1) is 6.40. The van der Waals surface area contributed by atoms with Gasteiger partial charge in [0.2, 0.25) is 0 Å². The number of thiol groups is 1. The van der Waals surface area contributed by atoms with Gasteiger partial charge in [-0.2, -0.15) is 0 Å². The topological polar surface area (TPSA) is 12.9 Å². The zero-order chi connectivity index (χ0) is 9.10. The number of nitrogens with zero attached hydrogens (tertiary/aromatic N) is 1. The maximum atomic E-state index is 4.23. The van der Waals surface area contributed by atoms with E-state index in [1.165, 1.54) is 16.4 Å². The summed E-state index contributed by atoms with van der Waals surface area (Å²) in [6, 6.07) is 8.23. The predicted octanol–water partition coefficient (Wildman–Crippen LogP) is 3.75. The molecule has 66 valence electrons. The van der Waals surface area contributed by atoms with Crippen LogP contribution < -0.4 is 0 Å². The summed E-state index contributed by atoms with van der Waals surface area (Å²) in [4.78, 5) is 5.39. The molecule has 0 fully saturated rings. The molecule has 0 aliphatic heterocycles. The SMILES string of the molecule is SSc1ccc(-c2nccs2)cc1. The third-order valence-corrected chi connectivity index (χ3v) is 3.58. The zero-order valence-corrected chi connectivity index (χ0v) is 9.20. The molecule has 2 rings (SSSR count). The Kier molecular flexibility index (Phi) is 2.93. The van der Waals surface area contributed by atoms with E-state index in [0.717, 1.165) is 9.90 Å². The lowest BCUT2D eigenvalue weighted by atomic mass is 10.2. The Morgan fingerprint density at radius 1 is 1.23 bits per heavy atom. The first-order valence-corrected chi connectivity index (χ1v) is 6.46. The van der Waals surface area contributed by atoms with Crippen LogP contribution in [-0.2, 0) is 0 Å². The molecule has 0 bridgehead atoms. The quantitative estimate of drug-likeness (QED) is 0.617. The normalized spacial score (nSPS) is 10.2. The number of thiazole rings is 1. The zero-order valence-electron chi connectivity index (χ0n) is 6.68. The molecule has 0 aliphatic rings. The van der Waals surface area contributed by atoms with E-state index in [-0.39, 0.29) is 0 Å². The van der Waals surface area contributed by atoms with Gasteiger partial charge in [-0.15, -0.1) is 23.0 Å². The molecule has 0 saturated carbocycles. The average Bonchev–Trinajstić information content (AvgIpc) is 2.71. The fraction of sp³-hybridized carbons (Fsp3) is 0. The van der Waals surface area contributed by atoms with E-state index in [9.17, 15) is 0 Å². The monoisotopic (exact) mass is 225 g/mol. The van der Waals surface area contributed by atoms with Crippen molar-refractivity contribution in [3.05, 3.63) is 35.8 Å². The first-order valence-electron chi connectivity index (χ1n) is 3.71. The number of benzene rings is 1. The van der Waals surface area contributed by atoms with Crippen LogP contribution in [0.25, 0.3) is 10.6 Å². The molecular formula is C9H7NS3. The third kappa shape index (κ3) is 2.07. The molecule has 0 saturated heterocycles. The summed E-state index contributed by atoms with van der Waals surface area (Å²) < 4.78 is 0. The number of hydrogen-bond donors (Lipinski definition) is 1. The van der Waals surface area contributed by atoms with Gasteiger partial charge in [0, 0.05) is 22.0 Å². The second-order valence-electron chi connectivity index (χ2n) is 2.45. The lowest BCUT2D eigenvalue weighted by molar-refractivity contribution is 1.39. The lowest BCUT2D eigenvalue weighted by Crippen LogP contribution is -1.74. The minimum atomic E-state index is 1.07. The van der Waals surface area contributed by atoms with Crippen molar-refractivity contribution in [2.75, 3.05) is 0 Å². The van der Waals surface area contributed by atoms with Crippen molar-refractivity contribution in [1.29, 1.82) is 0 Å². The highest BCUT2D eigenvalue weighted by Gasteiger charge is 1.99. The standard InChI is InChI=1S/C9H7NS3/c11-13-8-3-1-7(2-4-8)9-10-5-6-12-9/h1-6,11H. The van der Waals surface area contributed by atoms with E-state index >= 15 is 0 Å². The number of rotatable bonds is 2. The van der Waals surface area contributed by atoms with Gasteiger partial charge in [0.15, 0.2) is 0 Å². The molecule has 0 N–H and O–H groups in total. The van der Waals surface area contributed by atoms with Crippen molar-refractivity contribution < 1.29 is 0 Å². The largest absolute Gasteiger partial charge is 0.245 e. The lowest BCUT2D eigenvalue weighted by Gasteiger charge is -1.97. The van der Waals surface area contributed by atoms with E-state index < -0.39 is 0 Å². The molecule has 1 aromatic carbocycles. The van der Waals surface area contributed by atoms with Crippen LogP contribution in [0, 0.1) is 0 Å². The molecule has 4 heteroatoms. The van der Waals surface area contributed by atoms with Gasteiger partial charge in [-0.1, -0.05) is 22.9 Å². The van der Waals surface area contributed by atoms with Gasteiger partial charge in [-0.05, 0) is 12.1 Å². The summed E-state index contributed by atoms with van der Waals surface area (Å²) in [5.41, 5.74) is 1.17. The summed E-state index contributed by atoms with van der Waals surface area (Å²) in [6.45, 7) is 0. The van der Waals surface area contributed by atoms with Crippen LogP contribution >= 0.6 is 33.8 Å². The summed E-state index contributed by atoms with van der Waals surface area (Å²) in [5.74, 6) is 0. The van der Waals surface area contributed by atoms with Crippen molar-refractivity contribution in [2.45, 2.75) is 4.90 Å². The maximum absolute atomic E-state index is 4.23. The Balaban J connectivity index is 2.33. The summed E-state index contributed by atoms with van der Waals surface area (Å²) in [5, 5.41) is 3.05. The van der Waals surface area contributed by atoms with Gasteiger partial charge in [0.25, 0.3) is 0 Å². The van der Waals surface area contributed by atoms with Crippen LogP contribution in [0.1, 0.15) is 0 Å². The molecule has 0 unspecified atom stereocenters. The van der Waals surface area contributed by atoms with E-state index in [4.69, 9.17) is 0 Å². The van der Waals surface area contributed by atoms with Crippen LogP contribution in [0.4, 0.5) is 0 Å². The second-order valence-corrected chi connectivity index (χ2v) is 4.55. The molecule has 0 radical (unpaired) electrons. The average molecular weight is 225 g/mol. The molecular weight excluding hydrogens is 218 g/mol. The fourth-order valence-electron chi connectivity index (χ4n) is 1.02. The van der Waals surface area contributed by atoms with Gasteiger partial charge in [0.05, 0.1) is 0 Å². The van der Waals surface area contributed by atoms with Crippen molar-refractivity contribution in [3.63, 3.8) is 0 Å². The molecule has 2 aromatic rings. The minimum Gasteiger partial charge on any atom is -0.245 e. The van der Waals surface area contributed by atoms with Crippen LogP contribution in [0.3, 0.4) is 0 Å². The molecule has 0 aliphatic carbocycles. The Morgan fingerprint density at radius 2 is 2.00 bits per heavy atom. The van der Waals surface area contributed by atoms with Crippen LogP contribution in [-0.4, -0.2) is 4.98 Å². The van der Waals surface area contributed by atoms with Gasteiger partial charge in [-0.3, -0.25) is 0 Å². The predicted molar refractivity (Wildman–Crippen MR) is 62.4 cm³/mol. The molecule has 1 nitrogen and oxygen atoms in total. The highest BCUT2D eigenvalue weighted by molar-refractivity contribution is 8.68. The van der Waals surface area contributed by atoms with E-state index in [1.807, 2.05) is 11.6 Å². The first kappa shape index (κ1) is 9.12. The second kappa shape index (κ2) is 4.17. The molecule has 0 amide bonds. The van der Waals surface area contributed by atoms with E-state index in [1.54, 1.807) is 11.3 Å². The van der Waals surface area contributed by atoms with Crippen molar-refractivity contribution >= 4 is 33.8 Å². The number of hydrogen-bond acceptors (Lipinski definition) is 4. The van der Waals surface area contributed by atoms with Gasteiger partial charge < -0.3 is 0 Å². The van der Waals surface area contributed by atoms with Crippen molar-refractivity contribution in [1.82, 2.24) is 4.98 Å². The highest BCUT2D eigenvalue weighted by atomic mass is 33.1. The molecule has 0 atom stereocenters. The molecule has 1 heterocycles. The fourth-order valence-corrected chi connectivity index (χ4v) is 2.29. The minimum absolute atomic E-state index is 1.07. The third-order valence-electron chi connectivity index (χ3n) is 1.64. The molecule has 13 heavy (non-hydrogen) atoms. The van der Waals surface area contributed by atoms with Gasteiger partial charge in [-0.25, -0.2) is 4.98 Å².